The number of carboxylic acid groups (broad SMARTS) is 1. The van der Waals surface area contributed by atoms with E-state index in [0.29, 0.717) is 22.8 Å². The molecule has 3 N–H and O–H groups in total. The van der Waals surface area contributed by atoms with E-state index < -0.39 is 5.97 Å². The first kappa shape index (κ1) is 19.9. The minimum atomic E-state index is -1.01. The van der Waals surface area contributed by atoms with Crippen LogP contribution >= 0.6 is 11.9 Å². The van der Waals surface area contributed by atoms with Crippen molar-refractivity contribution in [3.05, 3.63) is 47.5 Å². The smallest absolute Gasteiger partial charge is 0.335 e. The Kier molecular flexibility index (Phi) is 6.29. The molecule has 0 saturated carbocycles. The van der Waals surface area contributed by atoms with Crippen molar-refractivity contribution in [1.29, 1.82) is 5.26 Å². The number of nitriles is 1. The zero-order chi connectivity index (χ0) is 20.1. The van der Waals surface area contributed by atoms with Gasteiger partial charge in [-0.25, -0.2) is 4.79 Å². The maximum Gasteiger partial charge on any atom is 0.335 e. The largest absolute Gasteiger partial charge is 0.496 e. The second-order valence-electron chi connectivity index (χ2n) is 6.46. The molecule has 0 amide bonds. The van der Waals surface area contributed by atoms with Crippen LogP contribution in [0.4, 0.5) is 11.4 Å². The van der Waals surface area contributed by atoms with Crippen LogP contribution in [-0.4, -0.2) is 42.5 Å². The molecule has 0 aromatic heterocycles. The summed E-state index contributed by atoms with van der Waals surface area (Å²) < 4.78 is 8.55. The van der Waals surface area contributed by atoms with Crippen LogP contribution in [0.25, 0.3) is 0 Å². The molecule has 2 aromatic rings. The number of aliphatic hydroxyl groups is 1. The predicted molar refractivity (Wildman–Crippen MR) is 108 cm³/mol. The molecular weight excluding hydrogens is 378 g/mol. The number of aliphatic hydroxyl groups excluding tert-OH is 1. The second-order valence-corrected chi connectivity index (χ2v) is 7.31. The first-order chi connectivity index (χ1) is 13.5. The third kappa shape index (κ3) is 4.50. The molecule has 1 saturated heterocycles. The lowest BCUT2D eigenvalue weighted by Gasteiger charge is -2.33. The van der Waals surface area contributed by atoms with Crippen LogP contribution in [0.15, 0.2) is 41.3 Å². The van der Waals surface area contributed by atoms with Gasteiger partial charge in [-0.3, -0.25) is 0 Å². The van der Waals surface area contributed by atoms with Gasteiger partial charge in [0.1, 0.15) is 5.75 Å². The van der Waals surface area contributed by atoms with E-state index >= 15 is 0 Å². The summed E-state index contributed by atoms with van der Waals surface area (Å²) in [5.74, 6) is -0.465. The summed E-state index contributed by atoms with van der Waals surface area (Å²) in [5.41, 5.74) is 2.28. The number of carboxylic acids is 1. The van der Waals surface area contributed by atoms with Crippen molar-refractivity contribution in [3.63, 3.8) is 0 Å². The molecule has 7 nitrogen and oxygen atoms in total. The molecule has 1 atom stereocenters. The van der Waals surface area contributed by atoms with Gasteiger partial charge in [-0.2, -0.15) is 5.26 Å². The Hall–Kier alpha value is -2.89. The summed E-state index contributed by atoms with van der Waals surface area (Å²) in [6, 6.07) is 12.1. The van der Waals surface area contributed by atoms with E-state index in [-0.39, 0.29) is 11.7 Å². The van der Waals surface area contributed by atoms with Crippen molar-refractivity contribution in [2.75, 3.05) is 29.8 Å². The average molecular weight is 399 g/mol. The van der Waals surface area contributed by atoms with E-state index in [2.05, 4.69) is 15.7 Å². The molecular formula is C20H21N3O4S. The number of hydrogen-bond donors (Lipinski definition) is 3. The van der Waals surface area contributed by atoms with Crippen LogP contribution in [-0.2, 0) is 0 Å². The number of carbonyl (C=O) groups is 1. The second kappa shape index (κ2) is 8.87. The Labute approximate surface area is 167 Å². The van der Waals surface area contributed by atoms with Gasteiger partial charge in [0.05, 0.1) is 46.7 Å². The topological polar surface area (TPSA) is 106 Å². The van der Waals surface area contributed by atoms with Crippen molar-refractivity contribution in [2.45, 2.75) is 23.8 Å². The highest BCUT2D eigenvalue weighted by Crippen LogP contribution is 2.36. The maximum atomic E-state index is 11.3. The zero-order valence-corrected chi connectivity index (χ0v) is 16.2. The van der Waals surface area contributed by atoms with Gasteiger partial charge < -0.3 is 24.6 Å². The number of anilines is 2. The summed E-state index contributed by atoms with van der Waals surface area (Å²) >= 11 is 1.22. The molecule has 3 rings (SSSR count). The summed E-state index contributed by atoms with van der Waals surface area (Å²) in [4.78, 5) is 14.0. The standard InChI is InChI=1S/C20H21N3O4S/c1-27-18-7-5-14(20(25)26)10-19(18)28-22-16-9-13(11-21)4-6-17(16)23-8-2-3-15(24)12-23/h4-7,9-10,15,22,24H,2-3,8,12H2,1H3,(H,25,26)/t15-/m1/s1. The normalized spacial score (nSPS) is 16.3. The van der Waals surface area contributed by atoms with E-state index in [1.807, 2.05) is 6.07 Å². The number of aromatic carboxylic acids is 1. The summed E-state index contributed by atoms with van der Waals surface area (Å²) in [6.45, 7) is 1.35. The number of ether oxygens (including phenoxy) is 1. The number of benzene rings is 2. The summed E-state index contributed by atoms with van der Waals surface area (Å²) in [5, 5.41) is 28.5. The predicted octanol–water partition coefficient (Wildman–Crippen LogP) is 3.35. The Bertz CT molecular complexity index is 913. The Morgan fingerprint density at radius 1 is 1.36 bits per heavy atom. The first-order valence-corrected chi connectivity index (χ1v) is 9.65. The van der Waals surface area contributed by atoms with Gasteiger partial charge >= 0.3 is 5.97 Å². The number of nitrogens with zero attached hydrogens (tertiary/aromatic N) is 2. The molecule has 1 heterocycles. The SMILES string of the molecule is COc1ccc(C(=O)O)cc1SNc1cc(C#N)ccc1N1CCC[C@@H](O)C1. The Morgan fingerprint density at radius 3 is 2.86 bits per heavy atom. The van der Waals surface area contributed by atoms with Gasteiger partial charge in [0.25, 0.3) is 0 Å². The zero-order valence-electron chi connectivity index (χ0n) is 15.4. The fraction of sp³-hybridized carbons (Fsp3) is 0.300. The van der Waals surface area contributed by atoms with E-state index in [1.165, 1.54) is 31.2 Å². The van der Waals surface area contributed by atoms with Crippen molar-refractivity contribution >= 4 is 29.3 Å². The number of rotatable bonds is 6. The van der Waals surface area contributed by atoms with Gasteiger partial charge in [0.2, 0.25) is 0 Å². The molecule has 0 aliphatic carbocycles. The van der Waals surface area contributed by atoms with E-state index in [1.54, 1.807) is 18.2 Å². The maximum absolute atomic E-state index is 11.3. The van der Waals surface area contributed by atoms with Crippen molar-refractivity contribution in [3.8, 4) is 11.8 Å². The Morgan fingerprint density at radius 2 is 2.18 bits per heavy atom. The number of methoxy groups -OCH3 is 1. The van der Waals surface area contributed by atoms with Crippen LogP contribution < -0.4 is 14.4 Å². The van der Waals surface area contributed by atoms with Gasteiger partial charge in [-0.05, 0) is 61.2 Å². The van der Waals surface area contributed by atoms with E-state index in [0.717, 1.165) is 30.8 Å². The Balaban J connectivity index is 1.88. The van der Waals surface area contributed by atoms with Crippen LogP contribution in [0.3, 0.4) is 0 Å². The number of nitrogens with one attached hydrogen (secondary N) is 1. The van der Waals surface area contributed by atoms with Gasteiger partial charge in [-0.15, -0.1) is 0 Å². The third-order valence-electron chi connectivity index (χ3n) is 4.54. The van der Waals surface area contributed by atoms with Gasteiger partial charge in [0, 0.05) is 13.1 Å². The lowest BCUT2D eigenvalue weighted by molar-refractivity contribution is 0.0696. The fourth-order valence-electron chi connectivity index (χ4n) is 3.14. The highest BCUT2D eigenvalue weighted by atomic mass is 32.2. The van der Waals surface area contributed by atoms with Crippen molar-refractivity contribution < 1.29 is 19.7 Å². The molecule has 0 unspecified atom stereocenters. The third-order valence-corrected chi connectivity index (χ3v) is 5.41. The molecule has 8 heteroatoms. The fourth-order valence-corrected chi connectivity index (χ4v) is 3.96. The molecule has 0 bridgehead atoms. The van der Waals surface area contributed by atoms with Gasteiger partial charge in [-0.1, -0.05) is 0 Å². The van der Waals surface area contributed by atoms with Crippen LogP contribution in [0.2, 0.25) is 0 Å². The summed E-state index contributed by atoms with van der Waals surface area (Å²) in [6.07, 6.45) is 1.29. The van der Waals surface area contributed by atoms with Gasteiger partial charge in [0.15, 0.2) is 0 Å². The highest BCUT2D eigenvalue weighted by Gasteiger charge is 2.21. The monoisotopic (exact) mass is 399 g/mol. The minimum Gasteiger partial charge on any atom is -0.496 e. The molecule has 0 radical (unpaired) electrons. The lowest BCUT2D eigenvalue weighted by Crippen LogP contribution is -2.38. The molecule has 1 aliphatic rings. The minimum absolute atomic E-state index is 0.162. The van der Waals surface area contributed by atoms with Crippen LogP contribution in [0, 0.1) is 11.3 Å². The molecule has 146 valence electrons. The number of piperidine rings is 1. The van der Waals surface area contributed by atoms with E-state index in [4.69, 9.17) is 4.74 Å². The molecule has 28 heavy (non-hydrogen) atoms. The molecule has 1 aliphatic heterocycles. The summed E-state index contributed by atoms with van der Waals surface area (Å²) in [7, 11) is 1.52. The lowest BCUT2D eigenvalue weighted by atomic mass is 10.1. The molecule has 0 spiro atoms. The average Bonchev–Trinajstić information content (AvgIpc) is 2.71. The van der Waals surface area contributed by atoms with E-state index in [9.17, 15) is 20.3 Å². The molecule has 1 fully saturated rings. The highest BCUT2D eigenvalue weighted by molar-refractivity contribution is 8.00. The van der Waals surface area contributed by atoms with Crippen molar-refractivity contribution in [1.82, 2.24) is 0 Å². The number of hydrogen-bond acceptors (Lipinski definition) is 7. The first-order valence-electron chi connectivity index (χ1n) is 8.83. The van der Waals surface area contributed by atoms with Crippen molar-refractivity contribution in [2.24, 2.45) is 0 Å². The quantitative estimate of drug-likeness (QED) is 0.635. The number of β-amino-alcohol motifs (C(OH)–C–C–N with tert-alkyl or cyclic N) is 1. The van der Waals surface area contributed by atoms with Crippen LogP contribution in [0.5, 0.6) is 5.75 Å². The molecule has 2 aromatic carbocycles. The van der Waals surface area contributed by atoms with Crippen LogP contribution in [0.1, 0.15) is 28.8 Å².